The lowest BCUT2D eigenvalue weighted by molar-refractivity contribution is -0.145. The molecule has 0 aromatic carbocycles. The summed E-state index contributed by atoms with van der Waals surface area (Å²) in [6.45, 7) is 4.18. The van der Waals surface area contributed by atoms with Crippen LogP contribution in [0, 0.1) is 5.92 Å². The second-order valence-corrected chi connectivity index (χ2v) is 8.74. The van der Waals surface area contributed by atoms with Crippen molar-refractivity contribution in [1.82, 2.24) is 14.9 Å². The van der Waals surface area contributed by atoms with Crippen LogP contribution in [0.5, 0.6) is 0 Å². The summed E-state index contributed by atoms with van der Waals surface area (Å²) in [6.07, 6.45) is 6.33. The summed E-state index contributed by atoms with van der Waals surface area (Å²) in [6, 6.07) is -0.668. The molecule has 0 bridgehead atoms. The Bertz CT molecular complexity index is 931. The number of hydrogen-bond donors (Lipinski definition) is 1. The van der Waals surface area contributed by atoms with Gasteiger partial charge in [-0.3, -0.25) is 14.2 Å². The number of hydrogen-bond acceptors (Lipinski definition) is 6. The Labute approximate surface area is 168 Å². The first-order chi connectivity index (χ1) is 13.4. The van der Waals surface area contributed by atoms with E-state index in [0.29, 0.717) is 6.42 Å². The molecule has 3 rings (SSSR count). The third-order valence-corrected chi connectivity index (χ3v) is 6.25. The zero-order chi connectivity index (χ0) is 20.3. The highest BCUT2D eigenvalue weighted by molar-refractivity contribution is 7.18. The number of rotatable bonds is 7. The van der Waals surface area contributed by atoms with Crippen molar-refractivity contribution in [3.05, 3.63) is 27.1 Å². The summed E-state index contributed by atoms with van der Waals surface area (Å²) >= 11 is 1.61. The monoisotopic (exact) mass is 405 g/mol. The molecule has 0 saturated heterocycles. The van der Waals surface area contributed by atoms with Gasteiger partial charge in [-0.25, -0.2) is 9.78 Å². The molecule has 7 nitrogen and oxygen atoms in total. The summed E-state index contributed by atoms with van der Waals surface area (Å²) in [7, 11) is 1.31. The Kier molecular flexibility index (Phi) is 6.49. The number of aromatic nitrogens is 2. The molecular formula is C20H27N3O4S. The molecule has 152 valence electrons. The van der Waals surface area contributed by atoms with Gasteiger partial charge in [-0.1, -0.05) is 13.8 Å². The standard InChI is InChI=1S/C20H27N3O4S/c1-12(2)10-14(20(26)27-3)22-16(24)8-9-23-11-21-18-17(19(23)25)13-6-4-5-7-15(13)28-18/h11-12,14H,4-10H2,1-3H3,(H,22,24). The number of fused-ring (bicyclic) bond motifs is 3. The summed E-state index contributed by atoms with van der Waals surface area (Å²) in [5.74, 6) is -0.494. The van der Waals surface area contributed by atoms with E-state index in [1.54, 1.807) is 11.3 Å². The van der Waals surface area contributed by atoms with Gasteiger partial charge in [0.2, 0.25) is 5.91 Å². The number of carbonyl (C=O) groups excluding carboxylic acids is 2. The van der Waals surface area contributed by atoms with Gasteiger partial charge >= 0.3 is 5.97 Å². The topological polar surface area (TPSA) is 90.3 Å². The van der Waals surface area contributed by atoms with Crippen molar-refractivity contribution in [3.63, 3.8) is 0 Å². The van der Waals surface area contributed by atoms with Crippen molar-refractivity contribution >= 4 is 33.4 Å². The molecule has 1 aliphatic carbocycles. The van der Waals surface area contributed by atoms with Gasteiger partial charge in [-0.2, -0.15) is 0 Å². The molecule has 0 fully saturated rings. The first kappa shape index (κ1) is 20.5. The van der Waals surface area contributed by atoms with Crippen LogP contribution in [-0.4, -0.2) is 34.6 Å². The number of nitrogens with one attached hydrogen (secondary N) is 1. The van der Waals surface area contributed by atoms with E-state index in [-0.39, 0.29) is 30.3 Å². The zero-order valence-corrected chi connectivity index (χ0v) is 17.4. The van der Waals surface area contributed by atoms with Crippen molar-refractivity contribution < 1.29 is 14.3 Å². The highest BCUT2D eigenvalue weighted by Gasteiger charge is 2.23. The highest BCUT2D eigenvalue weighted by atomic mass is 32.1. The number of methoxy groups -OCH3 is 1. The van der Waals surface area contributed by atoms with E-state index < -0.39 is 12.0 Å². The van der Waals surface area contributed by atoms with E-state index in [2.05, 4.69) is 10.3 Å². The molecule has 1 unspecified atom stereocenters. The van der Waals surface area contributed by atoms with Gasteiger partial charge in [0.1, 0.15) is 10.9 Å². The predicted octanol–water partition coefficient (Wildman–Crippen LogP) is 2.43. The molecule has 1 amide bonds. The quantitative estimate of drug-likeness (QED) is 0.715. The van der Waals surface area contributed by atoms with Crippen molar-refractivity contribution in [2.24, 2.45) is 5.92 Å². The molecule has 1 aliphatic rings. The number of carbonyl (C=O) groups is 2. The van der Waals surface area contributed by atoms with Crippen LogP contribution in [0.15, 0.2) is 11.1 Å². The first-order valence-corrected chi connectivity index (χ1v) is 10.6. The van der Waals surface area contributed by atoms with Gasteiger partial charge in [-0.05, 0) is 43.6 Å². The molecule has 0 spiro atoms. The largest absolute Gasteiger partial charge is 0.467 e. The van der Waals surface area contributed by atoms with E-state index >= 15 is 0 Å². The molecule has 2 aromatic rings. The maximum atomic E-state index is 12.9. The Hall–Kier alpha value is -2.22. The fourth-order valence-corrected chi connectivity index (χ4v) is 4.88. The predicted molar refractivity (Wildman–Crippen MR) is 109 cm³/mol. The molecule has 2 aromatic heterocycles. The minimum atomic E-state index is -0.668. The van der Waals surface area contributed by atoms with Gasteiger partial charge < -0.3 is 10.1 Å². The smallest absolute Gasteiger partial charge is 0.328 e. The third kappa shape index (κ3) is 4.43. The first-order valence-electron chi connectivity index (χ1n) is 9.77. The third-order valence-electron chi connectivity index (χ3n) is 5.05. The lowest BCUT2D eigenvalue weighted by Gasteiger charge is -2.18. The fourth-order valence-electron chi connectivity index (χ4n) is 3.66. The molecule has 0 saturated carbocycles. The van der Waals surface area contributed by atoms with Crippen molar-refractivity contribution in [2.45, 2.75) is 65.0 Å². The minimum Gasteiger partial charge on any atom is -0.467 e. The Morgan fingerprint density at radius 3 is 2.79 bits per heavy atom. The van der Waals surface area contributed by atoms with Crippen LogP contribution in [0.3, 0.4) is 0 Å². The van der Waals surface area contributed by atoms with Crippen LogP contribution in [-0.2, 0) is 33.7 Å². The molecule has 0 radical (unpaired) electrons. The maximum absolute atomic E-state index is 12.9. The number of ether oxygens (including phenoxy) is 1. The van der Waals surface area contributed by atoms with E-state index in [4.69, 9.17) is 4.74 Å². The van der Waals surface area contributed by atoms with Crippen LogP contribution in [0.1, 0.15) is 50.0 Å². The molecule has 1 N–H and O–H groups in total. The van der Waals surface area contributed by atoms with Crippen molar-refractivity contribution in [3.8, 4) is 0 Å². The SMILES string of the molecule is COC(=O)C(CC(C)C)NC(=O)CCn1cnc2sc3c(c2c1=O)CCCC3. The van der Waals surface area contributed by atoms with E-state index in [1.807, 2.05) is 13.8 Å². The number of esters is 1. The van der Waals surface area contributed by atoms with Gasteiger partial charge in [0.25, 0.3) is 5.56 Å². The lowest BCUT2D eigenvalue weighted by atomic mass is 9.97. The molecular weight excluding hydrogens is 378 g/mol. The second-order valence-electron chi connectivity index (χ2n) is 7.66. The number of amides is 1. The van der Waals surface area contributed by atoms with E-state index in [9.17, 15) is 14.4 Å². The lowest BCUT2D eigenvalue weighted by Crippen LogP contribution is -2.42. The normalized spacial score (nSPS) is 14.7. The Balaban J connectivity index is 1.71. The molecule has 2 heterocycles. The Morgan fingerprint density at radius 1 is 1.32 bits per heavy atom. The fraction of sp³-hybridized carbons (Fsp3) is 0.600. The van der Waals surface area contributed by atoms with Crippen LogP contribution in [0.2, 0.25) is 0 Å². The van der Waals surface area contributed by atoms with Gasteiger partial charge in [0.05, 0.1) is 18.8 Å². The second kappa shape index (κ2) is 8.86. The molecule has 0 aliphatic heterocycles. The number of aryl methyl sites for hydroxylation is 3. The number of thiophene rings is 1. The van der Waals surface area contributed by atoms with Crippen LogP contribution >= 0.6 is 11.3 Å². The van der Waals surface area contributed by atoms with Crippen LogP contribution < -0.4 is 10.9 Å². The van der Waals surface area contributed by atoms with Gasteiger partial charge in [0, 0.05) is 17.8 Å². The van der Waals surface area contributed by atoms with E-state index in [1.165, 1.54) is 22.9 Å². The van der Waals surface area contributed by atoms with Crippen molar-refractivity contribution in [2.75, 3.05) is 7.11 Å². The summed E-state index contributed by atoms with van der Waals surface area (Å²) in [5.41, 5.74) is 1.06. The summed E-state index contributed by atoms with van der Waals surface area (Å²) in [5, 5.41) is 3.44. The van der Waals surface area contributed by atoms with E-state index in [0.717, 1.165) is 41.5 Å². The Morgan fingerprint density at radius 2 is 2.07 bits per heavy atom. The number of nitrogens with zero attached hydrogens (tertiary/aromatic N) is 2. The summed E-state index contributed by atoms with van der Waals surface area (Å²) in [4.78, 5) is 43.6. The molecule has 1 atom stereocenters. The zero-order valence-electron chi connectivity index (χ0n) is 16.6. The molecule has 28 heavy (non-hydrogen) atoms. The van der Waals surface area contributed by atoms with Crippen molar-refractivity contribution in [1.29, 1.82) is 0 Å². The average molecular weight is 406 g/mol. The highest BCUT2D eigenvalue weighted by Crippen LogP contribution is 2.33. The average Bonchev–Trinajstić information content (AvgIpc) is 3.05. The molecule has 8 heteroatoms. The minimum absolute atomic E-state index is 0.0797. The summed E-state index contributed by atoms with van der Waals surface area (Å²) < 4.78 is 6.27. The van der Waals surface area contributed by atoms with Crippen LogP contribution in [0.4, 0.5) is 0 Å². The van der Waals surface area contributed by atoms with Gasteiger partial charge in [0.15, 0.2) is 0 Å². The van der Waals surface area contributed by atoms with Gasteiger partial charge in [-0.15, -0.1) is 11.3 Å². The maximum Gasteiger partial charge on any atom is 0.328 e. The van der Waals surface area contributed by atoms with Crippen LogP contribution in [0.25, 0.3) is 10.2 Å².